The SMILES string of the molecule is COc1ccc2nc(OCCN3C(=O)COCC3=O)ncc2c1. The van der Waals surface area contributed by atoms with Gasteiger partial charge in [-0.2, -0.15) is 4.98 Å². The van der Waals surface area contributed by atoms with Crippen LogP contribution in [0.2, 0.25) is 0 Å². The molecule has 3 rings (SSSR count). The Labute approximate surface area is 132 Å². The highest BCUT2D eigenvalue weighted by Crippen LogP contribution is 2.19. The standard InChI is InChI=1S/C15H15N3O5/c1-21-11-2-3-12-10(6-11)7-16-15(17-12)23-5-4-18-13(19)8-22-9-14(18)20/h2-3,6-7H,4-5,8-9H2,1H3. The minimum atomic E-state index is -0.364. The smallest absolute Gasteiger partial charge is 0.316 e. The van der Waals surface area contributed by atoms with Crippen LogP contribution in [-0.2, 0) is 14.3 Å². The van der Waals surface area contributed by atoms with Crippen molar-refractivity contribution in [2.75, 3.05) is 33.5 Å². The average molecular weight is 317 g/mol. The molecule has 0 saturated carbocycles. The zero-order chi connectivity index (χ0) is 16.2. The van der Waals surface area contributed by atoms with E-state index in [0.29, 0.717) is 5.52 Å². The Morgan fingerprint density at radius 1 is 1.26 bits per heavy atom. The van der Waals surface area contributed by atoms with Crippen molar-refractivity contribution in [3.63, 3.8) is 0 Å². The number of fused-ring (bicyclic) bond motifs is 1. The van der Waals surface area contributed by atoms with Gasteiger partial charge in [-0.1, -0.05) is 0 Å². The lowest BCUT2D eigenvalue weighted by atomic mass is 10.2. The van der Waals surface area contributed by atoms with Crippen LogP contribution in [0.3, 0.4) is 0 Å². The summed E-state index contributed by atoms with van der Waals surface area (Å²) in [7, 11) is 1.59. The van der Waals surface area contributed by atoms with Gasteiger partial charge in [0.15, 0.2) is 0 Å². The van der Waals surface area contributed by atoms with Gasteiger partial charge in [-0.3, -0.25) is 14.5 Å². The summed E-state index contributed by atoms with van der Waals surface area (Å²) in [6.45, 7) is 0.101. The number of aromatic nitrogens is 2. The van der Waals surface area contributed by atoms with E-state index in [1.165, 1.54) is 0 Å². The first kappa shape index (κ1) is 15.2. The molecule has 0 aliphatic carbocycles. The Kier molecular flexibility index (Phi) is 4.33. The molecule has 0 atom stereocenters. The Morgan fingerprint density at radius 3 is 2.78 bits per heavy atom. The number of amides is 2. The van der Waals surface area contributed by atoms with Crippen molar-refractivity contribution >= 4 is 22.7 Å². The van der Waals surface area contributed by atoms with Crippen molar-refractivity contribution in [3.05, 3.63) is 24.4 Å². The number of carbonyl (C=O) groups excluding carboxylic acids is 2. The predicted octanol–water partition coefficient (Wildman–Crippen LogP) is 0.403. The quantitative estimate of drug-likeness (QED) is 0.737. The summed E-state index contributed by atoms with van der Waals surface area (Å²) in [5.41, 5.74) is 0.717. The fraction of sp³-hybridized carbons (Fsp3) is 0.333. The molecule has 2 amide bonds. The van der Waals surface area contributed by atoms with Crippen LogP contribution in [0.5, 0.6) is 11.8 Å². The van der Waals surface area contributed by atoms with Crippen molar-refractivity contribution in [1.82, 2.24) is 14.9 Å². The van der Waals surface area contributed by atoms with Gasteiger partial charge in [-0.25, -0.2) is 4.98 Å². The van der Waals surface area contributed by atoms with Gasteiger partial charge < -0.3 is 14.2 Å². The van der Waals surface area contributed by atoms with Crippen LogP contribution in [-0.4, -0.2) is 60.2 Å². The summed E-state index contributed by atoms with van der Waals surface area (Å²) in [6, 6.07) is 5.61. The molecular weight excluding hydrogens is 302 g/mol. The number of ether oxygens (including phenoxy) is 3. The lowest BCUT2D eigenvalue weighted by molar-refractivity contribution is -0.158. The van der Waals surface area contributed by atoms with Gasteiger partial charge in [-0.05, 0) is 18.2 Å². The van der Waals surface area contributed by atoms with Crippen LogP contribution in [0.4, 0.5) is 0 Å². The third-order valence-electron chi connectivity index (χ3n) is 3.36. The van der Waals surface area contributed by atoms with E-state index in [1.54, 1.807) is 25.4 Å². The molecule has 1 aliphatic heterocycles. The first-order chi connectivity index (χ1) is 11.2. The number of hydrogen-bond donors (Lipinski definition) is 0. The molecule has 0 spiro atoms. The Balaban J connectivity index is 1.63. The maximum atomic E-state index is 11.6. The molecule has 8 heteroatoms. The highest BCUT2D eigenvalue weighted by Gasteiger charge is 2.26. The third-order valence-corrected chi connectivity index (χ3v) is 3.36. The molecule has 0 bridgehead atoms. The fourth-order valence-electron chi connectivity index (χ4n) is 2.19. The summed E-state index contributed by atoms with van der Waals surface area (Å²) < 4.78 is 15.4. The topological polar surface area (TPSA) is 90.9 Å². The minimum absolute atomic E-state index is 0.0833. The van der Waals surface area contributed by atoms with E-state index in [-0.39, 0.29) is 44.2 Å². The number of hydrogen-bond acceptors (Lipinski definition) is 7. The van der Waals surface area contributed by atoms with Gasteiger partial charge in [0.1, 0.15) is 25.6 Å². The van der Waals surface area contributed by atoms with Crippen molar-refractivity contribution in [1.29, 1.82) is 0 Å². The summed E-state index contributed by atoms with van der Waals surface area (Å²) in [6.07, 6.45) is 1.63. The number of carbonyl (C=O) groups is 2. The van der Waals surface area contributed by atoms with Crippen molar-refractivity contribution < 1.29 is 23.8 Å². The molecular formula is C15H15N3O5. The molecule has 1 fully saturated rings. The summed E-state index contributed by atoms with van der Waals surface area (Å²) in [4.78, 5) is 32.6. The van der Waals surface area contributed by atoms with Crippen LogP contribution in [0.25, 0.3) is 10.9 Å². The highest BCUT2D eigenvalue weighted by atomic mass is 16.5. The molecule has 2 aromatic rings. The van der Waals surface area contributed by atoms with E-state index in [2.05, 4.69) is 9.97 Å². The van der Waals surface area contributed by atoms with Gasteiger partial charge in [0, 0.05) is 11.6 Å². The monoisotopic (exact) mass is 317 g/mol. The van der Waals surface area contributed by atoms with Gasteiger partial charge in [0.2, 0.25) is 0 Å². The van der Waals surface area contributed by atoms with E-state index in [4.69, 9.17) is 14.2 Å². The second-order valence-corrected chi connectivity index (χ2v) is 4.86. The van der Waals surface area contributed by atoms with Crippen LogP contribution >= 0.6 is 0 Å². The van der Waals surface area contributed by atoms with Gasteiger partial charge >= 0.3 is 6.01 Å². The molecule has 1 aromatic heterocycles. The van der Waals surface area contributed by atoms with Crippen LogP contribution < -0.4 is 9.47 Å². The molecule has 2 heterocycles. The lowest BCUT2D eigenvalue weighted by Crippen LogP contribution is -2.47. The molecule has 1 aliphatic rings. The van der Waals surface area contributed by atoms with Gasteiger partial charge in [0.05, 0.1) is 19.2 Å². The minimum Gasteiger partial charge on any atom is -0.497 e. The number of morpholine rings is 1. The zero-order valence-electron chi connectivity index (χ0n) is 12.5. The van der Waals surface area contributed by atoms with E-state index in [9.17, 15) is 9.59 Å². The average Bonchev–Trinajstić information content (AvgIpc) is 2.57. The molecule has 120 valence electrons. The number of imide groups is 1. The number of benzene rings is 1. The predicted molar refractivity (Wildman–Crippen MR) is 79.1 cm³/mol. The Morgan fingerprint density at radius 2 is 2.04 bits per heavy atom. The summed E-state index contributed by atoms with van der Waals surface area (Å²) in [5.74, 6) is -0.00754. The van der Waals surface area contributed by atoms with Crippen LogP contribution in [0.1, 0.15) is 0 Å². The number of rotatable bonds is 5. The molecule has 0 unspecified atom stereocenters. The first-order valence-corrected chi connectivity index (χ1v) is 7.02. The summed E-state index contributed by atoms with van der Waals surface area (Å²) in [5, 5.41) is 0.829. The molecule has 8 nitrogen and oxygen atoms in total. The van der Waals surface area contributed by atoms with E-state index in [1.807, 2.05) is 6.07 Å². The van der Waals surface area contributed by atoms with E-state index in [0.717, 1.165) is 16.0 Å². The maximum Gasteiger partial charge on any atom is 0.316 e. The van der Waals surface area contributed by atoms with Gasteiger partial charge in [-0.15, -0.1) is 0 Å². The van der Waals surface area contributed by atoms with Crippen LogP contribution in [0.15, 0.2) is 24.4 Å². The normalized spacial score (nSPS) is 15.1. The molecule has 23 heavy (non-hydrogen) atoms. The fourth-order valence-corrected chi connectivity index (χ4v) is 2.19. The second kappa shape index (κ2) is 6.57. The van der Waals surface area contributed by atoms with Gasteiger partial charge in [0.25, 0.3) is 11.8 Å². The van der Waals surface area contributed by atoms with Crippen LogP contribution in [0, 0.1) is 0 Å². The Bertz CT molecular complexity index is 733. The number of nitrogens with zero attached hydrogens (tertiary/aromatic N) is 3. The summed E-state index contributed by atoms with van der Waals surface area (Å²) >= 11 is 0. The van der Waals surface area contributed by atoms with Crippen molar-refractivity contribution in [2.24, 2.45) is 0 Å². The lowest BCUT2D eigenvalue weighted by Gasteiger charge is -2.24. The number of methoxy groups -OCH3 is 1. The largest absolute Gasteiger partial charge is 0.497 e. The van der Waals surface area contributed by atoms with Crippen molar-refractivity contribution in [3.8, 4) is 11.8 Å². The molecule has 1 saturated heterocycles. The first-order valence-electron chi connectivity index (χ1n) is 7.02. The zero-order valence-corrected chi connectivity index (χ0v) is 12.5. The second-order valence-electron chi connectivity index (χ2n) is 4.86. The third kappa shape index (κ3) is 3.37. The van der Waals surface area contributed by atoms with E-state index >= 15 is 0 Å². The van der Waals surface area contributed by atoms with E-state index < -0.39 is 0 Å². The molecule has 0 radical (unpaired) electrons. The molecule has 0 N–H and O–H groups in total. The maximum absolute atomic E-state index is 11.6. The highest BCUT2D eigenvalue weighted by molar-refractivity contribution is 5.98. The molecule has 1 aromatic carbocycles. The Hall–Kier alpha value is -2.74. The van der Waals surface area contributed by atoms with Crippen molar-refractivity contribution in [2.45, 2.75) is 0 Å².